The van der Waals surface area contributed by atoms with E-state index in [2.05, 4.69) is 4.72 Å². The maximum absolute atomic E-state index is 12.3. The number of sulfonamides is 1. The zero-order valence-corrected chi connectivity index (χ0v) is 13.5. The van der Waals surface area contributed by atoms with Crippen molar-refractivity contribution in [2.45, 2.75) is 38.5 Å². The van der Waals surface area contributed by atoms with Gasteiger partial charge in [-0.25, -0.2) is 13.1 Å². The van der Waals surface area contributed by atoms with Crippen molar-refractivity contribution in [3.05, 3.63) is 29.8 Å². The standard InChI is InChI=1S/C15H23NO4S/c1-4-15(5-2,11-17)10-16-21(19,20)14-8-6-7-13(9-14)12(3)18/h6-9,16-17H,4-5,10-11H2,1-3H3. The Labute approximate surface area is 126 Å². The Kier molecular flexibility index (Phi) is 6.07. The van der Waals surface area contributed by atoms with E-state index in [1.54, 1.807) is 12.1 Å². The number of aliphatic hydroxyl groups is 1. The minimum atomic E-state index is -3.69. The first-order chi connectivity index (χ1) is 9.80. The fraction of sp³-hybridized carbons (Fsp3) is 0.533. The van der Waals surface area contributed by atoms with Crippen LogP contribution >= 0.6 is 0 Å². The fourth-order valence-electron chi connectivity index (χ4n) is 1.99. The normalized spacial score (nSPS) is 12.4. The highest BCUT2D eigenvalue weighted by molar-refractivity contribution is 7.89. The fourth-order valence-corrected chi connectivity index (χ4v) is 3.20. The molecule has 0 atom stereocenters. The minimum absolute atomic E-state index is 0.0641. The van der Waals surface area contributed by atoms with Crippen LogP contribution in [0.4, 0.5) is 0 Å². The van der Waals surface area contributed by atoms with Gasteiger partial charge >= 0.3 is 0 Å². The van der Waals surface area contributed by atoms with E-state index in [-0.39, 0.29) is 23.8 Å². The summed E-state index contributed by atoms with van der Waals surface area (Å²) in [5.74, 6) is -0.182. The molecule has 0 fully saturated rings. The molecule has 0 aliphatic heterocycles. The smallest absolute Gasteiger partial charge is 0.240 e. The van der Waals surface area contributed by atoms with Crippen LogP contribution in [0.2, 0.25) is 0 Å². The average Bonchev–Trinajstić information content (AvgIpc) is 2.49. The highest BCUT2D eigenvalue weighted by Crippen LogP contribution is 2.25. The number of nitrogens with one attached hydrogen (secondary N) is 1. The monoisotopic (exact) mass is 313 g/mol. The van der Waals surface area contributed by atoms with Gasteiger partial charge in [-0.05, 0) is 31.9 Å². The van der Waals surface area contributed by atoms with Gasteiger partial charge in [0.1, 0.15) is 0 Å². The van der Waals surface area contributed by atoms with Gasteiger partial charge in [0.15, 0.2) is 5.78 Å². The van der Waals surface area contributed by atoms with Crippen molar-refractivity contribution in [3.63, 3.8) is 0 Å². The van der Waals surface area contributed by atoms with E-state index in [4.69, 9.17) is 0 Å². The van der Waals surface area contributed by atoms with Crippen LogP contribution in [0.25, 0.3) is 0 Å². The summed E-state index contributed by atoms with van der Waals surface area (Å²) in [6.07, 6.45) is 1.35. The van der Waals surface area contributed by atoms with Crippen molar-refractivity contribution in [2.75, 3.05) is 13.2 Å². The third-order valence-corrected chi connectivity index (χ3v) is 5.42. The zero-order valence-electron chi connectivity index (χ0n) is 12.7. The molecule has 1 aromatic rings. The van der Waals surface area contributed by atoms with E-state index in [1.807, 2.05) is 13.8 Å². The SMILES string of the molecule is CCC(CC)(CO)CNS(=O)(=O)c1cccc(C(C)=O)c1. The van der Waals surface area contributed by atoms with Crippen molar-refractivity contribution in [1.82, 2.24) is 4.72 Å². The second-order valence-corrected chi connectivity index (χ2v) is 7.04. The van der Waals surface area contributed by atoms with Gasteiger partial charge in [-0.1, -0.05) is 26.0 Å². The number of rotatable bonds is 8. The molecule has 0 aromatic heterocycles. The molecule has 0 spiro atoms. The van der Waals surface area contributed by atoms with Crippen LogP contribution in [0.1, 0.15) is 44.0 Å². The predicted molar refractivity (Wildman–Crippen MR) is 81.7 cm³/mol. The quantitative estimate of drug-likeness (QED) is 0.719. The van der Waals surface area contributed by atoms with Gasteiger partial charge in [-0.3, -0.25) is 4.79 Å². The lowest BCUT2D eigenvalue weighted by atomic mass is 9.84. The van der Waals surface area contributed by atoms with Gasteiger partial charge in [0.2, 0.25) is 10.0 Å². The third-order valence-electron chi connectivity index (χ3n) is 4.02. The Morgan fingerprint density at radius 1 is 1.29 bits per heavy atom. The van der Waals surface area contributed by atoms with E-state index in [0.29, 0.717) is 18.4 Å². The Hall–Kier alpha value is -1.24. The number of carbonyl (C=O) groups excluding carboxylic acids is 1. The lowest BCUT2D eigenvalue weighted by molar-refractivity contribution is 0.101. The van der Waals surface area contributed by atoms with Crippen molar-refractivity contribution >= 4 is 15.8 Å². The van der Waals surface area contributed by atoms with Gasteiger partial charge in [0, 0.05) is 24.1 Å². The Bertz CT molecular complexity index is 583. The molecular formula is C15H23NO4S. The maximum Gasteiger partial charge on any atom is 0.240 e. The molecule has 0 saturated heterocycles. The first kappa shape index (κ1) is 17.8. The summed E-state index contributed by atoms with van der Waals surface area (Å²) >= 11 is 0. The number of ketones is 1. The van der Waals surface area contributed by atoms with E-state index in [0.717, 1.165) is 0 Å². The van der Waals surface area contributed by atoms with Crippen LogP contribution in [0, 0.1) is 5.41 Å². The van der Waals surface area contributed by atoms with Crippen LogP contribution in [0.5, 0.6) is 0 Å². The molecular weight excluding hydrogens is 290 g/mol. The predicted octanol–water partition coefficient (Wildman–Crippen LogP) is 1.97. The number of hydrogen-bond acceptors (Lipinski definition) is 4. The topological polar surface area (TPSA) is 83.5 Å². The molecule has 2 N–H and O–H groups in total. The molecule has 0 amide bonds. The lowest BCUT2D eigenvalue weighted by Gasteiger charge is -2.29. The average molecular weight is 313 g/mol. The molecule has 21 heavy (non-hydrogen) atoms. The van der Waals surface area contributed by atoms with Gasteiger partial charge < -0.3 is 5.11 Å². The minimum Gasteiger partial charge on any atom is -0.396 e. The molecule has 0 aliphatic rings. The van der Waals surface area contributed by atoms with E-state index < -0.39 is 15.4 Å². The summed E-state index contributed by atoms with van der Waals surface area (Å²) in [7, 11) is -3.69. The van der Waals surface area contributed by atoms with Crippen molar-refractivity contribution < 1.29 is 18.3 Å². The first-order valence-electron chi connectivity index (χ1n) is 7.02. The summed E-state index contributed by atoms with van der Waals surface area (Å²) in [5.41, 5.74) is -0.0945. The van der Waals surface area contributed by atoms with Crippen LogP contribution in [0.3, 0.4) is 0 Å². The third kappa shape index (κ3) is 4.36. The number of aliphatic hydroxyl groups excluding tert-OH is 1. The molecule has 6 heteroatoms. The second-order valence-electron chi connectivity index (χ2n) is 5.27. The molecule has 5 nitrogen and oxygen atoms in total. The van der Waals surface area contributed by atoms with Crippen LogP contribution in [-0.2, 0) is 10.0 Å². The van der Waals surface area contributed by atoms with Gasteiger partial charge in [-0.15, -0.1) is 0 Å². The van der Waals surface area contributed by atoms with Crippen LogP contribution < -0.4 is 4.72 Å². The zero-order chi connectivity index (χ0) is 16.1. The van der Waals surface area contributed by atoms with Crippen molar-refractivity contribution in [3.8, 4) is 0 Å². The number of hydrogen-bond donors (Lipinski definition) is 2. The number of carbonyl (C=O) groups is 1. The maximum atomic E-state index is 12.3. The lowest BCUT2D eigenvalue weighted by Crippen LogP contribution is -2.39. The molecule has 0 heterocycles. The van der Waals surface area contributed by atoms with E-state index in [1.165, 1.54) is 19.1 Å². The van der Waals surface area contributed by atoms with Crippen molar-refractivity contribution in [1.29, 1.82) is 0 Å². The Balaban J connectivity index is 2.97. The Morgan fingerprint density at radius 3 is 2.38 bits per heavy atom. The number of Topliss-reactive ketones (excluding diaryl/α,β-unsaturated/α-hetero) is 1. The summed E-state index contributed by atoms with van der Waals surface area (Å²) < 4.78 is 27.1. The van der Waals surface area contributed by atoms with Gasteiger partial charge in [0.25, 0.3) is 0 Å². The number of benzene rings is 1. The molecule has 0 radical (unpaired) electrons. The van der Waals surface area contributed by atoms with Crippen LogP contribution in [0.15, 0.2) is 29.2 Å². The Morgan fingerprint density at radius 2 is 1.90 bits per heavy atom. The van der Waals surface area contributed by atoms with E-state index in [9.17, 15) is 18.3 Å². The summed E-state index contributed by atoms with van der Waals surface area (Å²) in [6.45, 7) is 5.33. The summed E-state index contributed by atoms with van der Waals surface area (Å²) in [5, 5.41) is 9.48. The summed E-state index contributed by atoms with van der Waals surface area (Å²) in [6, 6.07) is 5.94. The highest BCUT2D eigenvalue weighted by atomic mass is 32.2. The highest BCUT2D eigenvalue weighted by Gasteiger charge is 2.28. The molecule has 0 bridgehead atoms. The molecule has 1 rings (SSSR count). The van der Waals surface area contributed by atoms with Crippen molar-refractivity contribution in [2.24, 2.45) is 5.41 Å². The van der Waals surface area contributed by atoms with Crippen LogP contribution in [-0.4, -0.2) is 32.5 Å². The van der Waals surface area contributed by atoms with E-state index >= 15 is 0 Å². The second kappa shape index (κ2) is 7.15. The van der Waals surface area contributed by atoms with Gasteiger partial charge in [0.05, 0.1) is 4.90 Å². The summed E-state index contributed by atoms with van der Waals surface area (Å²) in [4.78, 5) is 11.4. The van der Waals surface area contributed by atoms with Gasteiger partial charge in [-0.2, -0.15) is 0 Å². The molecule has 0 unspecified atom stereocenters. The first-order valence-corrected chi connectivity index (χ1v) is 8.50. The molecule has 0 aliphatic carbocycles. The molecule has 1 aromatic carbocycles. The molecule has 0 saturated carbocycles. The molecule has 118 valence electrons. The largest absolute Gasteiger partial charge is 0.396 e.